The summed E-state index contributed by atoms with van der Waals surface area (Å²) >= 11 is 0. The Labute approximate surface area is 197 Å². The van der Waals surface area contributed by atoms with Gasteiger partial charge in [-0.25, -0.2) is 13.9 Å². The second-order valence-electron chi connectivity index (χ2n) is 7.76. The van der Waals surface area contributed by atoms with E-state index < -0.39 is 32.4 Å². The summed E-state index contributed by atoms with van der Waals surface area (Å²) in [5, 5.41) is 19.3. The molecule has 11 heteroatoms. The summed E-state index contributed by atoms with van der Waals surface area (Å²) in [6, 6.07) is 11.9. The Hall–Kier alpha value is -2.99. The average Bonchev–Trinajstić information content (AvgIpc) is 2.88. The smallest absolute Gasteiger partial charge is 0.265 e. The lowest BCUT2D eigenvalue weighted by Crippen LogP contribution is -2.54. The number of rotatable bonds is 10. The first-order chi connectivity index (χ1) is 16.2. The third kappa shape index (κ3) is 5.22. The highest BCUT2D eigenvalue weighted by Crippen LogP contribution is 2.35. The number of ether oxygens (including phenoxy) is 3. The van der Waals surface area contributed by atoms with Crippen LogP contribution in [0.2, 0.25) is 0 Å². The zero-order valence-corrected chi connectivity index (χ0v) is 19.4. The van der Waals surface area contributed by atoms with Gasteiger partial charge in [-0.05, 0) is 54.8 Å². The maximum Gasteiger partial charge on any atom is 0.265 e. The van der Waals surface area contributed by atoms with Gasteiger partial charge in [0, 0.05) is 19.6 Å². The van der Waals surface area contributed by atoms with Gasteiger partial charge >= 0.3 is 0 Å². The van der Waals surface area contributed by atoms with Gasteiger partial charge in [0.05, 0.1) is 18.6 Å². The molecular weight excluding hydrogens is 466 g/mol. The van der Waals surface area contributed by atoms with Crippen molar-refractivity contribution >= 4 is 21.5 Å². The Morgan fingerprint density at radius 1 is 1.06 bits per heavy atom. The zero-order chi connectivity index (χ0) is 24.8. The second kappa shape index (κ2) is 11.0. The fraction of sp³-hybridized carbons (Fsp3) is 0.391. The molecule has 3 rings (SSSR count). The van der Waals surface area contributed by atoms with E-state index >= 15 is 0 Å². The van der Waals surface area contributed by atoms with E-state index in [1.807, 2.05) is 0 Å². The molecule has 1 saturated heterocycles. The van der Waals surface area contributed by atoms with E-state index in [0.29, 0.717) is 17.1 Å². The lowest BCUT2D eigenvalue weighted by molar-refractivity contribution is -0.134. The Bertz CT molecular complexity index is 1090. The molecule has 0 saturated carbocycles. The van der Waals surface area contributed by atoms with Crippen LogP contribution < -0.4 is 15.0 Å². The fourth-order valence-corrected chi connectivity index (χ4v) is 5.68. The molecule has 2 aromatic rings. The van der Waals surface area contributed by atoms with E-state index in [1.165, 1.54) is 36.9 Å². The molecule has 1 heterocycles. The van der Waals surface area contributed by atoms with Gasteiger partial charge in [-0.2, -0.15) is 0 Å². The van der Waals surface area contributed by atoms with E-state index in [0.717, 1.165) is 0 Å². The van der Waals surface area contributed by atoms with Gasteiger partial charge in [0.2, 0.25) is 0 Å². The highest BCUT2D eigenvalue weighted by atomic mass is 32.2. The number of Topliss-reactive ketones (excluding diaryl/α,β-unsaturated/α-hetero) is 1. The Morgan fingerprint density at radius 3 is 2.21 bits per heavy atom. The van der Waals surface area contributed by atoms with Crippen molar-refractivity contribution in [2.45, 2.75) is 35.0 Å². The zero-order valence-electron chi connectivity index (χ0n) is 18.6. The Morgan fingerprint density at radius 2 is 1.65 bits per heavy atom. The van der Waals surface area contributed by atoms with Gasteiger partial charge in [-0.15, -0.1) is 0 Å². The van der Waals surface area contributed by atoms with E-state index in [1.54, 1.807) is 24.3 Å². The summed E-state index contributed by atoms with van der Waals surface area (Å²) in [5.74, 6) is -0.499. The minimum absolute atomic E-state index is 0.0215. The molecule has 0 spiro atoms. The fourth-order valence-electron chi connectivity index (χ4n) is 3.74. The molecule has 3 N–H and O–H groups in total. The van der Waals surface area contributed by atoms with Gasteiger partial charge in [0.1, 0.15) is 17.6 Å². The number of hydrogen-bond donors (Lipinski definition) is 3. The maximum absolute atomic E-state index is 13.2. The molecule has 2 aromatic carbocycles. The molecule has 0 aromatic heterocycles. The van der Waals surface area contributed by atoms with Crippen LogP contribution in [0, 0.1) is 0 Å². The number of aliphatic hydroxyl groups is 1. The molecule has 10 nitrogen and oxygen atoms in total. The van der Waals surface area contributed by atoms with Crippen molar-refractivity contribution in [2.24, 2.45) is 0 Å². The van der Waals surface area contributed by atoms with Gasteiger partial charge in [0.25, 0.3) is 5.91 Å². The molecular formula is C23H27NO9S. The van der Waals surface area contributed by atoms with E-state index in [4.69, 9.17) is 19.4 Å². The number of benzene rings is 2. The number of carbonyl (C=O) groups excluding carboxylic acids is 2. The van der Waals surface area contributed by atoms with E-state index in [9.17, 15) is 23.1 Å². The molecule has 1 aliphatic heterocycles. The van der Waals surface area contributed by atoms with E-state index in [2.05, 4.69) is 0 Å². The number of sulfone groups is 1. The molecule has 1 amide bonds. The van der Waals surface area contributed by atoms with E-state index in [-0.39, 0.29) is 44.0 Å². The van der Waals surface area contributed by atoms with Crippen molar-refractivity contribution in [2.75, 3.05) is 26.9 Å². The SMILES string of the molecule is COc1ccc(C(O)C(=O)CCOc2ccc(S(=O)(=O)C3(C(=O)NO)CCOCC3)cc2)cc1. The van der Waals surface area contributed by atoms with Crippen LogP contribution in [0.25, 0.3) is 0 Å². The third-order valence-corrected chi connectivity index (χ3v) is 8.33. The standard InChI is InChI=1S/C23H27NO9S/c1-31-17-4-2-16(3-5-17)21(26)20(25)10-13-33-18-6-8-19(9-7-18)34(29,30)23(22(27)24-28)11-14-32-15-12-23/h2-9,21,26,28H,10-15H2,1H3,(H,24,27). The Kier molecular flexibility index (Phi) is 8.26. The number of nitrogens with one attached hydrogen (secondary N) is 1. The number of amides is 1. The molecule has 0 bridgehead atoms. The molecule has 1 atom stereocenters. The highest BCUT2D eigenvalue weighted by Gasteiger charge is 2.52. The number of ketones is 1. The topological polar surface area (TPSA) is 148 Å². The molecule has 1 fully saturated rings. The van der Waals surface area contributed by atoms with Crippen LogP contribution in [-0.4, -0.2) is 62.1 Å². The van der Waals surface area contributed by atoms with Gasteiger partial charge in [-0.3, -0.25) is 14.8 Å². The largest absolute Gasteiger partial charge is 0.497 e. The molecule has 1 unspecified atom stereocenters. The Balaban J connectivity index is 1.62. The van der Waals surface area contributed by atoms with Crippen LogP contribution in [0.1, 0.15) is 30.9 Å². The lowest BCUT2D eigenvalue weighted by Gasteiger charge is -2.34. The number of hydroxylamine groups is 1. The first-order valence-corrected chi connectivity index (χ1v) is 12.1. The van der Waals surface area contributed by atoms with Crippen LogP contribution in [0.15, 0.2) is 53.4 Å². The van der Waals surface area contributed by atoms with Gasteiger partial charge < -0.3 is 19.3 Å². The maximum atomic E-state index is 13.2. The minimum Gasteiger partial charge on any atom is -0.497 e. The first-order valence-electron chi connectivity index (χ1n) is 10.6. The summed E-state index contributed by atoms with van der Waals surface area (Å²) < 4.78 is 40.4. The van der Waals surface area contributed by atoms with Crippen LogP contribution in [0.4, 0.5) is 0 Å². The van der Waals surface area contributed by atoms with Crippen molar-refractivity contribution < 1.29 is 42.5 Å². The van der Waals surface area contributed by atoms with Crippen molar-refractivity contribution in [3.63, 3.8) is 0 Å². The number of hydrogen-bond acceptors (Lipinski definition) is 9. The van der Waals surface area contributed by atoms with Crippen molar-refractivity contribution in [1.82, 2.24) is 5.48 Å². The number of aliphatic hydroxyl groups excluding tert-OH is 1. The average molecular weight is 494 g/mol. The second-order valence-corrected chi connectivity index (χ2v) is 10.0. The van der Waals surface area contributed by atoms with Crippen LogP contribution in [-0.2, 0) is 24.2 Å². The highest BCUT2D eigenvalue weighted by molar-refractivity contribution is 7.93. The summed E-state index contributed by atoms with van der Waals surface area (Å²) in [4.78, 5) is 24.5. The molecule has 0 radical (unpaired) electrons. The normalized spacial score (nSPS) is 16.3. The molecule has 184 valence electrons. The van der Waals surface area contributed by atoms with Crippen molar-refractivity contribution in [3.8, 4) is 11.5 Å². The molecule has 0 aliphatic carbocycles. The quantitative estimate of drug-likeness (QED) is 0.331. The summed E-state index contributed by atoms with van der Waals surface area (Å²) in [7, 11) is -2.62. The minimum atomic E-state index is -4.14. The summed E-state index contributed by atoms with van der Waals surface area (Å²) in [6.45, 7) is 0.126. The first kappa shape index (κ1) is 25.6. The van der Waals surface area contributed by atoms with Gasteiger partial charge in [-0.1, -0.05) is 12.1 Å². The third-order valence-electron chi connectivity index (χ3n) is 5.82. The predicted octanol–water partition coefficient (Wildman–Crippen LogP) is 1.60. The van der Waals surface area contributed by atoms with Crippen LogP contribution in [0.3, 0.4) is 0 Å². The monoisotopic (exact) mass is 493 g/mol. The van der Waals surface area contributed by atoms with Crippen LogP contribution >= 0.6 is 0 Å². The predicted molar refractivity (Wildman–Crippen MR) is 119 cm³/mol. The van der Waals surface area contributed by atoms with Crippen molar-refractivity contribution in [3.05, 3.63) is 54.1 Å². The summed E-state index contributed by atoms with van der Waals surface area (Å²) in [5.41, 5.74) is 1.91. The lowest BCUT2D eigenvalue weighted by atomic mass is 9.98. The van der Waals surface area contributed by atoms with Crippen LogP contribution in [0.5, 0.6) is 11.5 Å². The molecule has 34 heavy (non-hydrogen) atoms. The summed E-state index contributed by atoms with van der Waals surface area (Å²) in [6.07, 6.45) is -1.53. The number of carbonyl (C=O) groups is 2. The van der Waals surface area contributed by atoms with Gasteiger partial charge in [0.15, 0.2) is 20.4 Å². The number of methoxy groups -OCH3 is 1. The molecule has 1 aliphatic rings. The van der Waals surface area contributed by atoms with Crippen molar-refractivity contribution in [1.29, 1.82) is 0 Å².